The first-order valence-electron chi connectivity index (χ1n) is 5.03. The Kier molecular flexibility index (Phi) is 2.99. The first-order valence-corrected chi connectivity index (χ1v) is 5.03. The standard InChI is InChI=1S/C9H15N3O3/c1-5(13)7(10)9-11-8(12-15-9)6-2-3-14-4-6/h5-7,13H,2-4,10H2,1H3. The first kappa shape index (κ1) is 10.5. The summed E-state index contributed by atoms with van der Waals surface area (Å²) in [6.45, 7) is 2.95. The van der Waals surface area contributed by atoms with Crippen LogP contribution in [0.4, 0.5) is 0 Å². The van der Waals surface area contributed by atoms with Crippen LogP contribution in [-0.4, -0.2) is 34.6 Å². The molecule has 3 atom stereocenters. The third-order valence-electron chi connectivity index (χ3n) is 2.56. The third-order valence-corrected chi connectivity index (χ3v) is 2.56. The predicted molar refractivity (Wildman–Crippen MR) is 51.1 cm³/mol. The number of aliphatic hydroxyl groups excluding tert-OH is 1. The van der Waals surface area contributed by atoms with E-state index in [1.165, 1.54) is 0 Å². The normalized spacial score (nSPS) is 25.4. The van der Waals surface area contributed by atoms with Crippen LogP contribution in [0.2, 0.25) is 0 Å². The van der Waals surface area contributed by atoms with Crippen LogP contribution < -0.4 is 5.73 Å². The maximum absolute atomic E-state index is 9.27. The fraction of sp³-hybridized carbons (Fsp3) is 0.778. The lowest BCUT2D eigenvalue weighted by Gasteiger charge is -2.08. The Labute approximate surface area is 87.4 Å². The van der Waals surface area contributed by atoms with E-state index >= 15 is 0 Å². The van der Waals surface area contributed by atoms with Gasteiger partial charge in [0.1, 0.15) is 6.04 Å². The van der Waals surface area contributed by atoms with Crippen molar-refractivity contribution in [3.8, 4) is 0 Å². The van der Waals surface area contributed by atoms with Gasteiger partial charge in [-0.25, -0.2) is 0 Å². The number of hydrogen-bond acceptors (Lipinski definition) is 6. The van der Waals surface area contributed by atoms with Gasteiger partial charge in [-0.3, -0.25) is 0 Å². The monoisotopic (exact) mass is 213 g/mol. The fourth-order valence-electron chi connectivity index (χ4n) is 1.49. The Balaban J connectivity index is 2.09. The zero-order chi connectivity index (χ0) is 10.8. The van der Waals surface area contributed by atoms with E-state index in [1.807, 2.05) is 0 Å². The SMILES string of the molecule is CC(O)C(N)c1nc(C2CCOC2)no1. The van der Waals surface area contributed by atoms with Crippen LogP contribution in [0.5, 0.6) is 0 Å². The van der Waals surface area contributed by atoms with E-state index in [0.29, 0.717) is 12.4 Å². The molecule has 3 unspecified atom stereocenters. The first-order chi connectivity index (χ1) is 7.18. The number of nitrogens with two attached hydrogens (primary N) is 1. The molecule has 0 bridgehead atoms. The molecule has 84 valence electrons. The molecule has 0 spiro atoms. The molecule has 1 fully saturated rings. The molecule has 0 aliphatic carbocycles. The summed E-state index contributed by atoms with van der Waals surface area (Å²) in [5.74, 6) is 1.11. The van der Waals surface area contributed by atoms with Gasteiger partial charge in [0.2, 0.25) is 5.89 Å². The highest BCUT2D eigenvalue weighted by Crippen LogP contribution is 2.23. The van der Waals surface area contributed by atoms with Gasteiger partial charge in [-0.15, -0.1) is 0 Å². The molecule has 15 heavy (non-hydrogen) atoms. The van der Waals surface area contributed by atoms with Crippen LogP contribution in [0.1, 0.15) is 37.0 Å². The summed E-state index contributed by atoms with van der Waals surface area (Å²) in [6.07, 6.45) is 0.209. The molecule has 1 saturated heterocycles. The lowest BCUT2D eigenvalue weighted by atomic mass is 10.1. The third kappa shape index (κ3) is 2.17. The van der Waals surface area contributed by atoms with Gasteiger partial charge in [-0.1, -0.05) is 5.16 Å². The molecule has 2 heterocycles. The van der Waals surface area contributed by atoms with Crippen molar-refractivity contribution < 1.29 is 14.4 Å². The van der Waals surface area contributed by atoms with E-state index in [4.69, 9.17) is 15.0 Å². The summed E-state index contributed by atoms with van der Waals surface area (Å²) >= 11 is 0. The second-order valence-corrected chi connectivity index (χ2v) is 3.82. The van der Waals surface area contributed by atoms with Crippen LogP contribution in [0, 0.1) is 0 Å². The van der Waals surface area contributed by atoms with Gasteiger partial charge in [-0.2, -0.15) is 4.98 Å². The number of ether oxygens (including phenoxy) is 1. The van der Waals surface area contributed by atoms with Crippen LogP contribution >= 0.6 is 0 Å². The molecular formula is C9H15N3O3. The minimum Gasteiger partial charge on any atom is -0.391 e. The van der Waals surface area contributed by atoms with E-state index in [2.05, 4.69) is 10.1 Å². The minimum absolute atomic E-state index is 0.198. The highest BCUT2D eigenvalue weighted by molar-refractivity contribution is 5.00. The highest BCUT2D eigenvalue weighted by atomic mass is 16.5. The van der Waals surface area contributed by atoms with Crippen molar-refractivity contribution >= 4 is 0 Å². The summed E-state index contributed by atoms with van der Waals surface area (Å²) in [7, 11) is 0. The molecule has 3 N–H and O–H groups in total. The lowest BCUT2D eigenvalue weighted by molar-refractivity contribution is 0.146. The molecule has 0 aromatic carbocycles. The van der Waals surface area contributed by atoms with E-state index < -0.39 is 12.1 Å². The van der Waals surface area contributed by atoms with Crippen molar-refractivity contribution in [2.75, 3.05) is 13.2 Å². The van der Waals surface area contributed by atoms with Crippen LogP contribution in [0.3, 0.4) is 0 Å². The maximum atomic E-state index is 9.27. The molecule has 0 saturated carbocycles. The maximum Gasteiger partial charge on any atom is 0.246 e. The zero-order valence-corrected chi connectivity index (χ0v) is 8.59. The average molecular weight is 213 g/mol. The van der Waals surface area contributed by atoms with Crippen molar-refractivity contribution in [3.05, 3.63) is 11.7 Å². The van der Waals surface area contributed by atoms with Crippen LogP contribution in [0.25, 0.3) is 0 Å². The Hall–Kier alpha value is -0.980. The number of rotatable bonds is 3. The Bertz CT molecular complexity index is 304. The minimum atomic E-state index is -0.696. The van der Waals surface area contributed by atoms with Crippen molar-refractivity contribution in [1.29, 1.82) is 0 Å². The van der Waals surface area contributed by atoms with Crippen molar-refractivity contribution in [2.45, 2.75) is 31.4 Å². The van der Waals surface area contributed by atoms with Gasteiger partial charge in [0.05, 0.1) is 12.7 Å². The summed E-state index contributed by atoms with van der Waals surface area (Å²) < 4.78 is 10.2. The molecule has 1 aromatic rings. The van der Waals surface area contributed by atoms with Gasteiger partial charge in [0.25, 0.3) is 0 Å². The fourth-order valence-corrected chi connectivity index (χ4v) is 1.49. The molecule has 0 amide bonds. The Morgan fingerprint density at radius 3 is 3.00 bits per heavy atom. The van der Waals surface area contributed by atoms with Crippen LogP contribution in [0.15, 0.2) is 4.52 Å². The van der Waals surface area contributed by atoms with E-state index in [1.54, 1.807) is 6.92 Å². The van der Waals surface area contributed by atoms with Gasteiger partial charge >= 0.3 is 0 Å². The molecule has 0 radical (unpaired) electrons. The van der Waals surface area contributed by atoms with Gasteiger partial charge in [0, 0.05) is 12.5 Å². The van der Waals surface area contributed by atoms with Crippen LogP contribution in [-0.2, 0) is 4.74 Å². The molecule has 1 aliphatic rings. The van der Waals surface area contributed by atoms with E-state index in [9.17, 15) is 5.11 Å². The number of hydrogen-bond donors (Lipinski definition) is 2. The van der Waals surface area contributed by atoms with Crippen molar-refractivity contribution in [3.63, 3.8) is 0 Å². The Morgan fingerprint density at radius 2 is 2.40 bits per heavy atom. The topological polar surface area (TPSA) is 94.4 Å². The van der Waals surface area contributed by atoms with E-state index in [-0.39, 0.29) is 11.8 Å². The quantitative estimate of drug-likeness (QED) is 0.731. The number of nitrogens with zero attached hydrogens (tertiary/aromatic N) is 2. The molecule has 2 rings (SSSR count). The highest BCUT2D eigenvalue weighted by Gasteiger charge is 2.25. The average Bonchev–Trinajstić information content (AvgIpc) is 2.86. The number of aliphatic hydroxyl groups is 1. The molecule has 6 heteroatoms. The van der Waals surface area contributed by atoms with Crippen molar-refractivity contribution in [1.82, 2.24) is 10.1 Å². The predicted octanol–water partition coefficient (Wildman–Crippen LogP) is -0.0459. The number of aromatic nitrogens is 2. The molecule has 6 nitrogen and oxygen atoms in total. The van der Waals surface area contributed by atoms with E-state index in [0.717, 1.165) is 13.0 Å². The molecule has 1 aromatic heterocycles. The second-order valence-electron chi connectivity index (χ2n) is 3.82. The summed E-state index contributed by atoms with van der Waals surface area (Å²) in [6, 6.07) is -0.617. The van der Waals surface area contributed by atoms with Crippen molar-refractivity contribution in [2.24, 2.45) is 5.73 Å². The summed E-state index contributed by atoms with van der Waals surface area (Å²) in [4.78, 5) is 4.17. The second kappa shape index (κ2) is 4.26. The summed E-state index contributed by atoms with van der Waals surface area (Å²) in [5.41, 5.74) is 5.67. The molecule has 1 aliphatic heterocycles. The van der Waals surface area contributed by atoms with Gasteiger partial charge < -0.3 is 20.1 Å². The smallest absolute Gasteiger partial charge is 0.246 e. The Morgan fingerprint density at radius 1 is 1.60 bits per heavy atom. The van der Waals surface area contributed by atoms with Gasteiger partial charge in [-0.05, 0) is 13.3 Å². The molecular weight excluding hydrogens is 198 g/mol. The summed E-state index contributed by atoms with van der Waals surface area (Å²) in [5, 5.41) is 13.1. The zero-order valence-electron chi connectivity index (χ0n) is 8.59. The van der Waals surface area contributed by atoms with Gasteiger partial charge in [0.15, 0.2) is 5.82 Å². The lowest BCUT2D eigenvalue weighted by Crippen LogP contribution is -2.23. The largest absolute Gasteiger partial charge is 0.391 e.